The summed E-state index contributed by atoms with van der Waals surface area (Å²) in [6, 6.07) is 17.3. The Kier molecular flexibility index (Phi) is 5.92. The minimum absolute atomic E-state index is 0.00785. The molecule has 0 aromatic heterocycles. The second-order valence-electron chi connectivity index (χ2n) is 8.53. The van der Waals surface area contributed by atoms with E-state index in [1.807, 2.05) is 54.6 Å². The molecular weight excluding hydrogens is 426 g/mol. The number of fused-ring (bicyclic) bond motifs is 1. The Balaban J connectivity index is 1.47. The van der Waals surface area contributed by atoms with E-state index in [0.29, 0.717) is 31.9 Å². The molecule has 2 fully saturated rings. The fourth-order valence-corrected chi connectivity index (χ4v) is 5.13. The average Bonchev–Trinajstić information content (AvgIpc) is 3.37. The van der Waals surface area contributed by atoms with Crippen LogP contribution in [0, 0.1) is 0 Å². The van der Waals surface area contributed by atoms with Gasteiger partial charge in [-0.3, -0.25) is 14.4 Å². The summed E-state index contributed by atoms with van der Waals surface area (Å²) in [5.41, 5.74) is 1.24. The number of ether oxygens (including phenoxy) is 4. The zero-order valence-corrected chi connectivity index (χ0v) is 18.5. The number of hydrogen-bond donors (Lipinski definition) is 0. The Morgan fingerprint density at radius 2 is 1.76 bits per heavy atom. The molecule has 33 heavy (non-hydrogen) atoms. The van der Waals surface area contributed by atoms with Crippen molar-refractivity contribution >= 4 is 17.6 Å². The first-order valence-electron chi connectivity index (χ1n) is 11.2. The van der Waals surface area contributed by atoms with Crippen LogP contribution in [0.5, 0.6) is 0 Å². The van der Waals surface area contributed by atoms with Gasteiger partial charge in [-0.2, -0.15) is 5.06 Å². The molecule has 0 aliphatic carbocycles. The summed E-state index contributed by atoms with van der Waals surface area (Å²) in [4.78, 5) is 32.0. The highest BCUT2D eigenvalue weighted by Crippen LogP contribution is 2.51. The third-order valence-electron chi connectivity index (χ3n) is 6.65. The predicted molar refractivity (Wildman–Crippen MR) is 117 cm³/mol. The van der Waals surface area contributed by atoms with E-state index in [-0.39, 0.29) is 25.4 Å². The third-order valence-corrected chi connectivity index (χ3v) is 6.65. The third kappa shape index (κ3) is 3.83. The smallest absolute Gasteiger partial charge is 0.311 e. The highest BCUT2D eigenvalue weighted by atomic mass is 16.7. The van der Waals surface area contributed by atoms with Gasteiger partial charge in [0.15, 0.2) is 5.79 Å². The number of rotatable bonds is 7. The van der Waals surface area contributed by atoms with Crippen LogP contribution >= 0.6 is 0 Å². The molecule has 0 N–H and O–H groups in total. The van der Waals surface area contributed by atoms with Gasteiger partial charge in [0.2, 0.25) is 0 Å². The molecule has 0 radical (unpaired) electrons. The van der Waals surface area contributed by atoms with Gasteiger partial charge >= 0.3 is 5.97 Å². The van der Waals surface area contributed by atoms with E-state index in [9.17, 15) is 9.59 Å². The first kappa shape index (κ1) is 22.0. The molecule has 2 aromatic carbocycles. The van der Waals surface area contributed by atoms with Crippen LogP contribution in [0.25, 0.3) is 0 Å². The van der Waals surface area contributed by atoms with Crippen LogP contribution in [0.15, 0.2) is 54.6 Å². The van der Waals surface area contributed by atoms with Gasteiger partial charge in [0.1, 0.15) is 11.5 Å². The molecule has 2 aromatic rings. The SMILES string of the molecule is CON1C(=O)[C@](CCOCc2ccccc2)([C@H]2CC3(CC(=O)O2)OCCO3)c2ccccc21. The molecule has 3 aliphatic heterocycles. The van der Waals surface area contributed by atoms with Crippen molar-refractivity contribution in [3.63, 3.8) is 0 Å². The number of anilines is 1. The first-order valence-corrected chi connectivity index (χ1v) is 11.2. The summed E-state index contributed by atoms with van der Waals surface area (Å²) < 4.78 is 23.5. The molecule has 8 nitrogen and oxygen atoms in total. The Morgan fingerprint density at radius 1 is 1.03 bits per heavy atom. The highest BCUT2D eigenvalue weighted by Gasteiger charge is 2.61. The number of cyclic esters (lactones) is 1. The van der Waals surface area contributed by atoms with E-state index in [4.69, 9.17) is 23.8 Å². The topological polar surface area (TPSA) is 83.5 Å². The normalized spacial score (nSPS) is 26.0. The fourth-order valence-electron chi connectivity index (χ4n) is 5.13. The number of benzene rings is 2. The fraction of sp³-hybridized carbons (Fsp3) is 0.440. The van der Waals surface area contributed by atoms with Crippen LogP contribution in [0.3, 0.4) is 0 Å². The van der Waals surface area contributed by atoms with E-state index in [0.717, 1.165) is 11.1 Å². The van der Waals surface area contributed by atoms with E-state index in [2.05, 4.69) is 0 Å². The molecule has 3 aliphatic rings. The van der Waals surface area contributed by atoms with Crippen LogP contribution in [0.2, 0.25) is 0 Å². The number of hydrogen-bond acceptors (Lipinski definition) is 7. The second kappa shape index (κ2) is 8.87. The summed E-state index contributed by atoms with van der Waals surface area (Å²) in [6.45, 7) is 1.51. The molecule has 8 heteroatoms. The Morgan fingerprint density at radius 3 is 2.52 bits per heavy atom. The lowest BCUT2D eigenvalue weighted by atomic mass is 9.71. The van der Waals surface area contributed by atoms with Crippen molar-refractivity contribution in [3.8, 4) is 0 Å². The van der Waals surface area contributed by atoms with Gasteiger partial charge in [0.05, 0.1) is 39.0 Å². The van der Waals surface area contributed by atoms with E-state index in [1.54, 1.807) is 0 Å². The van der Waals surface area contributed by atoms with Gasteiger partial charge in [-0.1, -0.05) is 48.5 Å². The summed E-state index contributed by atoms with van der Waals surface area (Å²) in [5, 5.41) is 1.28. The van der Waals surface area contributed by atoms with Crippen molar-refractivity contribution in [1.29, 1.82) is 0 Å². The molecule has 174 valence electrons. The maximum absolute atomic E-state index is 13.9. The van der Waals surface area contributed by atoms with Crippen molar-refractivity contribution < 1.29 is 33.4 Å². The number of carbonyl (C=O) groups excluding carboxylic acids is 2. The van der Waals surface area contributed by atoms with Crippen LogP contribution in [-0.4, -0.2) is 50.7 Å². The van der Waals surface area contributed by atoms with Crippen molar-refractivity contribution in [1.82, 2.24) is 0 Å². The molecule has 1 amide bonds. The van der Waals surface area contributed by atoms with Gasteiger partial charge in [-0.15, -0.1) is 0 Å². The van der Waals surface area contributed by atoms with Crippen molar-refractivity contribution in [3.05, 3.63) is 65.7 Å². The Bertz CT molecular complexity index is 1020. The van der Waals surface area contributed by atoms with Crippen LogP contribution in [-0.2, 0) is 45.4 Å². The number of esters is 1. The minimum Gasteiger partial charge on any atom is -0.460 e. The molecule has 3 heterocycles. The van der Waals surface area contributed by atoms with Crippen molar-refractivity contribution in [2.75, 3.05) is 32.0 Å². The largest absolute Gasteiger partial charge is 0.460 e. The zero-order valence-electron chi connectivity index (χ0n) is 18.5. The summed E-state index contributed by atoms with van der Waals surface area (Å²) in [6.07, 6.45) is -0.210. The maximum Gasteiger partial charge on any atom is 0.311 e. The molecule has 0 saturated carbocycles. The van der Waals surface area contributed by atoms with Gasteiger partial charge in [0, 0.05) is 13.0 Å². The lowest BCUT2D eigenvalue weighted by Gasteiger charge is -2.43. The highest BCUT2D eigenvalue weighted by molar-refractivity contribution is 6.07. The van der Waals surface area contributed by atoms with Crippen LogP contribution < -0.4 is 5.06 Å². The summed E-state index contributed by atoms with van der Waals surface area (Å²) >= 11 is 0. The number of para-hydroxylation sites is 1. The zero-order chi connectivity index (χ0) is 22.9. The monoisotopic (exact) mass is 453 g/mol. The number of nitrogens with zero attached hydrogens (tertiary/aromatic N) is 1. The molecule has 5 rings (SSSR count). The van der Waals surface area contributed by atoms with Gasteiger partial charge in [0.25, 0.3) is 5.91 Å². The van der Waals surface area contributed by atoms with Crippen LogP contribution in [0.4, 0.5) is 5.69 Å². The van der Waals surface area contributed by atoms with E-state index in [1.165, 1.54) is 12.2 Å². The van der Waals surface area contributed by atoms with Gasteiger partial charge in [-0.25, -0.2) is 0 Å². The predicted octanol–water partition coefficient (Wildman–Crippen LogP) is 2.89. The maximum atomic E-state index is 13.9. The Hall–Kier alpha value is -2.78. The molecule has 0 unspecified atom stereocenters. The van der Waals surface area contributed by atoms with E-state index >= 15 is 0 Å². The first-order chi connectivity index (χ1) is 16.1. The van der Waals surface area contributed by atoms with Crippen molar-refractivity contribution in [2.45, 2.75) is 43.2 Å². The molecular formula is C25H27NO7. The minimum atomic E-state index is -1.18. The molecule has 2 atom stereocenters. The van der Waals surface area contributed by atoms with Crippen LogP contribution in [0.1, 0.15) is 30.4 Å². The van der Waals surface area contributed by atoms with Gasteiger partial charge < -0.3 is 18.9 Å². The summed E-state index contributed by atoms with van der Waals surface area (Å²) in [7, 11) is 1.45. The molecule has 1 spiro atoms. The number of amides is 1. The van der Waals surface area contributed by atoms with Crippen molar-refractivity contribution in [2.24, 2.45) is 0 Å². The molecule has 0 bridgehead atoms. The number of hydroxylamine groups is 1. The Labute approximate surface area is 192 Å². The quantitative estimate of drug-likeness (QED) is 0.471. The van der Waals surface area contributed by atoms with Gasteiger partial charge in [-0.05, 0) is 23.6 Å². The number of carbonyl (C=O) groups is 2. The molecule has 2 saturated heterocycles. The standard InChI is InChI=1S/C25H27NO7/c1-29-26-20-10-6-5-9-19(20)25(23(26)28,11-12-30-17-18-7-3-2-4-8-18)21-15-24(16-22(27)33-21)31-13-14-32-24/h2-10,21H,11-17H2,1H3/t21-,25+/m1/s1. The van der Waals surface area contributed by atoms with E-state index < -0.39 is 23.3 Å². The summed E-state index contributed by atoms with van der Waals surface area (Å²) in [5.74, 6) is -1.80. The lowest BCUT2D eigenvalue weighted by molar-refractivity contribution is -0.227. The second-order valence-corrected chi connectivity index (χ2v) is 8.53. The average molecular weight is 453 g/mol. The lowest BCUT2D eigenvalue weighted by Crippen LogP contribution is -2.57.